The second kappa shape index (κ2) is 9.42. The molecule has 23 heavy (non-hydrogen) atoms. The number of ether oxygens (including phenoxy) is 1. The molecule has 1 N–H and O–H groups in total. The summed E-state index contributed by atoms with van der Waals surface area (Å²) in [5.74, 6) is -0.241. The van der Waals surface area contributed by atoms with E-state index in [4.69, 9.17) is 4.74 Å². The highest BCUT2D eigenvalue weighted by atomic mass is 16.5. The van der Waals surface area contributed by atoms with Crippen molar-refractivity contribution in [1.29, 1.82) is 0 Å². The highest BCUT2D eigenvalue weighted by Gasteiger charge is 2.11. The fraction of sp³-hybridized carbons (Fsp3) is 0.688. The number of aromatic nitrogens is 2. The predicted octanol–water partition coefficient (Wildman–Crippen LogP) is 0.496. The van der Waals surface area contributed by atoms with Crippen LogP contribution in [0.25, 0.3) is 0 Å². The minimum Gasteiger partial charge on any atom is -0.383 e. The van der Waals surface area contributed by atoms with Crippen LogP contribution >= 0.6 is 0 Å². The van der Waals surface area contributed by atoms with Crippen molar-refractivity contribution in [3.05, 3.63) is 28.2 Å². The first-order chi connectivity index (χ1) is 11.2. The van der Waals surface area contributed by atoms with E-state index in [1.165, 1.54) is 49.2 Å². The molecule has 0 unspecified atom stereocenters. The Morgan fingerprint density at radius 1 is 1.26 bits per heavy atom. The Bertz CT molecular complexity index is 553. The lowest BCUT2D eigenvalue weighted by atomic mass is 10.1. The van der Waals surface area contributed by atoms with Crippen molar-refractivity contribution in [3.63, 3.8) is 0 Å². The van der Waals surface area contributed by atoms with Gasteiger partial charge in [-0.3, -0.25) is 9.59 Å². The van der Waals surface area contributed by atoms with Crippen LogP contribution in [-0.2, 0) is 11.3 Å². The summed E-state index contributed by atoms with van der Waals surface area (Å²) in [6.07, 6.45) is 4.81. The van der Waals surface area contributed by atoms with Gasteiger partial charge in [0.25, 0.3) is 11.5 Å². The summed E-state index contributed by atoms with van der Waals surface area (Å²) in [7, 11) is 1.56. The van der Waals surface area contributed by atoms with Crippen LogP contribution in [0.2, 0.25) is 0 Å². The maximum Gasteiger partial charge on any atom is 0.271 e. The molecule has 2 heterocycles. The van der Waals surface area contributed by atoms with Crippen molar-refractivity contribution in [1.82, 2.24) is 20.0 Å². The van der Waals surface area contributed by atoms with Gasteiger partial charge in [-0.2, -0.15) is 5.10 Å². The number of hydrogen-bond acceptors (Lipinski definition) is 5. The lowest BCUT2D eigenvalue weighted by molar-refractivity contribution is 0.0942. The molecule has 0 aliphatic carbocycles. The molecule has 0 bridgehead atoms. The largest absolute Gasteiger partial charge is 0.383 e. The lowest BCUT2D eigenvalue weighted by Crippen LogP contribution is -2.34. The van der Waals surface area contributed by atoms with Crippen molar-refractivity contribution in [2.24, 2.45) is 0 Å². The fourth-order valence-electron chi connectivity index (χ4n) is 2.69. The average Bonchev–Trinajstić information content (AvgIpc) is 2.58. The van der Waals surface area contributed by atoms with Gasteiger partial charge in [-0.15, -0.1) is 0 Å². The Morgan fingerprint density at radius 2 is 2.04 bits per heavy atom. The molecule has 0 radical (unpaired) electrons. The summed E-state index contributed by atoms with van der Waals surface area (Å²) in [6, 6.07) is 2.83. The van der Waals surface area contributed by atoms with Crippen LogP contribution in [0.4, 0.5) is 0 Å². The van der Waals surface area contributed by atoms with Crippen molar-refractivity contribution < 1.29 is 9.53 Å². The van der Waals surface area contributed by atoms with E-state index in [1.54, 1.807) is 7.11 Å². The van der Waals surface area contributed by atoms with E-state index in [1.807, 2.05) is 0 Å². The molecule has 7 heteroatoms. The van der Waals surface area contributed by atoms with E-state index in [0.29, 0.717) is 19.7 Å². The van der Waals surface area contributed by atoms with Gasteiger partial charge in [0.2, 0.25) is 0 Å². The molecule has 0 aromatic carbocycles. The van der Waals surface area contributed by atoms with Gasteiger partial charge in [0.1, 0.15) is 5.69 Å². The smallest absolute Gasteiger partial charge is 0.271 e. The van der Waals surface area contributed by atoms with Gasteiger partial charge >= 0.3 is 0 Å². The molecule has 1 amide bonds. The van der Waals surface area contributed by atoms with Crippen molar-refractivity contribution in [3.8, 4) is 0 Å². The number of nitrogens with one attached hydrogen (secondary N) is 1. The van der Waals surface area contributed by atoms with E-state index >= 15 is 0 Å². The summed E-state index contributed by atoms with van der Waals surface area (Å²) < 4.78 is 6.19. The van der Waals surface area contributed by atoms with E-state index < -0.39 is 0 Å². The zero-order valence-corrected chi connectivity index (χ0v) is 13.8. The van der Waals surface area contributed by atoms with Crippen LogP contribution in [0, 0.1) is 0 Å². The monoisotopic (exact) mass is 322 g/mol. The average molecular weight is 322 g/mol. The number of carbonyl (C=O) groups excluding carboxylic acids is 1. The molecular formula is C16H26N4O3. The molecule has 1 saturated heterocycles. The van der Waals surface area contributed by atoms with Crippen LogP contribution in [0.1, 0.15) is 36.2 Å². The Kier molecular flexibility index (Phi) is 7.22. The topological polar surface area (TPSA) is 76.5 Å². The number of methoxy groups -OCH3 is 1. The summed E-state index contributed by atoms with van der Waals surface area (Å²) in [6.45, 7) is 4.69. The molecule has 0 atom stereocenters. The Hall–Kier alpha value is -1.73. The van der Waals surface area contributed by atoms with Crippen LogP contribution in [0.3, 0.4) is 0 Å². The standard InChI is InChI=1S/C16H26N4O3/c1-23-13-12-20-15(21)7-6-14(18-20)16(22)17-8-5-11-19-9-3-2-4-10-19/h6-7H,2-5,8-13H2,1H3,(H,17,22). The molecule has 1 aliphatic heterocycles. The number of nitrogens with zero attached hydrogens (tertiary/aromatic N) is 3. The van der Waals surface area contributed by atoms with Gasteiger partial charge in [0.15, 0.2) is 0 Å². The van der Waals surface area contributed by atoms with Gasteiger partial charge in [0, 0.05) is 19.7 Å². The maximum atomic E-state index is 12.1. The first-order valence-corrected chi connectivity index (χ1v) is 8.28. The third-order valence-corrected chi connectivity index (χ3v) is 3.99. The number of piperidine rings is 1. The number of rotatable bonds is 8. The summed E-state index contributed by atoms with van der Waals surface area (Å²) in [4.78, 5) is 26.2. The molecule has 0 saturated carbocycles. The third kappa shape index (κ3) is 5.76. The van der Waals surface area contributed by atoms with E-state index in [0.717, 1.165) is 13.0 Å². The molecule has 2 rings (SSSR count). The summed E-state index contributed by atoms with van der Waals surface area (Å²) in [5, 5.41) is 6.95. The molecule has 0 spiro atoms. The summed E-state index contributed by atoms with van der Waals surface area (Å²) in [5.41, 5.74) is 0.0300. The second-order valence-corrected chi connectivity index (χ2v) is 5.78. The molecule has 1 aliphatic rings. The van der Waals surface area contributed by atoms with Crippen molar-refractivity contribution >= 4 is 5.91 Å². The number of amides is 1. The normalized spacial score (nSPS) is 15.5. The van der Waals surface area contributed by atoms with E-state index in [9.17, 15) is 9.59 Å². The van der Waals surface area contributed by atoms with Crippen LogP contribution < -0.4 is 10.9 Å². The highest BCUT2D eigenvalue weighted by molar-refractivity contribution is 5.91. The summed E-state index contributed by atoms with van der Waals surface area (Å²) >= 11 is 0. The van der Waals surface area contributed by atoms with Crippen molar-refractivity contribution in [2.45, 2.75) is 32.2 Å². The predicted molar refractivity (Wildman–Crippen MR) is 87.6 cm³/mol. The zero-order chi connectivity index (χ0) is 16.5. The third-order valence-electron chi connectivity index (χ3n) is 3.99. The van der Waals surface area contributed by atoms with Gasteiger partial charge in [-0.05, 0) is 45.0 Å². The van der Waals surface area contributed by atoms with Gasteiger partial charge < -0.3 is 15.0 Å². The van der Waals surface area contributed by atoms with E-state index in [2.05, 4.69) is 15.3 Å². The first-order valence-electron chi connectivity index (χ1n) is 8.28. The SMILES string of the molecule is COCCn1nc(C(=O)NCCCN2CCCCC2)ccc1=O. The Labute approximate surface area is 136 Å². The van der Waals surface area contributed by atoms with Crippen LogP contribution in [-0.4, -0.2) is 60.5 Å². The molecule has 128 valence electrons. The quantitative estimate of drug-likeness (QED) is 0.705. The molecular weight excluding hydrogens is 296 g/mol. The number of likely N-dealkylation sites (tertiary alicyclic amines) is 1. The fourth-order valence-corrected chi connectivity index (χ4v) is 2.69. The highest BCUT2D eigenvalue weighted by Crippen LogP contribution is 2.08. The molecule has 1 fully saturated rings. The minimum atomic E-state index is -0.241. The Morgan fingerprint density at radius 3 is 2.78 bits per heavy atom. The Balaban J connectivity index is 1.77. The molecule has 7 nitrogen and oxygen atoms in total. The van der Waals surface area contributed by atoms with Gasteiger partial charge in [-0.1, -0.05) is 6.42 Å². The first kappa shape index (κ1) is 17.6. The van der Waals surface area contributed by atoms with Crippen LogP contribution in [0.15, 0.2) is 16.9 Å². The zero-order valence-electron chi connectivity index (χ0n) is 13.8. The molecule has 1 aromatic heterocycles. The maximum absolute atomic E-state index is 12.1. The van der Waals surface area contributed by atoms with Gasteiger partial charge in [-0.25, -0.2) is 4.68 Å². The second-order valence-electron chi connectivity index (χ2n) is 5.78. The van der Waals surface area contributed by atoms with Crippen molar-refractivity contribution in [2.75, 3.05) is 39.9 Å². The lowest BCUT2D eigenvalue weighted by Gasteiger charge is -2.26. The van der Waals surface area contributed by atoms with Crippen LogP contribution in [0.5, 0.6) is 0 Å². The van der Waals surface area contributed by atoms with E-state index in [-0.39, 0.29) is 17.2 Å². The minimum absolute atomic E-state index is 0.233. The molecule has 1 aromatic rings. The number of carbonyl (C=O) groups is 1. The number of hydrogen-bond donors (Lipinski definition) is 1. The van der Waals surface area contributed by atoms with Gasteiger partial charge in [0.05, 0.1) is 13.2 Å².